The Morgan fingerprint density at radius 2 is 1.76 bits per heavy atom. The lowest BCUT2D eigenvalue weighted by atomic mass is 9.80. The number of para-hydroxylation sites is 1. The number of hydrogen-bond donors (Lipinski definition) is 3. The topological polar surface area (TPSA) is 130 Å². The average molecular weight is 452 g/mol. The molecule has 2 aliphatic rings. The Kier molecular flexibility index (Phi) is 6.20. The van der Waals surface area contributed by atoms with E-state index in [-0.39, 0.29) is 40.7 Å². The van der Waals surface area contributed by atoms with Gasteiger partial charge in [0.2, 0.25) is 6.29 Å². The van der Waals surface area contributed by atoms with Gasteiger partial charge in [0.1, 0.15) is 11.5 Å². The number of benzene rings is 2. The first-order valence-corrected chi connectivity index (χ1v) is 10.6. The van der Waals surface area contributed by atoms with Crippen LogP contribution in [0, 0.1) is 17.8 Å². The SMILES string of the molecule is COC(=O)C1CCC2C(C(=O)Cc3ccc(C(=O)c4ccccc4O)c(O)c3)=COC(O)C12. The van der Waals surface area contributed by atoms with Crippen LogP contribution in [0.15, 0.2) is 54.3 Å². The Bertz CT molecular complexity index is 1130. The van der Waals surface area contributed by atoms with E-state index in [2.05, 4.69) is 0 Å². The van der Waals surface area contributed by atoms with Gasteiger partial charge in [0, 0.05) is 23.8 Å². The summed E-state index contributed by atoms with van der Waals surface area (Å²) < 4.78 is 10.1. The van der Waals surface area contributed by atoms with Gasteiger partial charge in [-0.1, -0.05) is 18.2 Å². The number of aliphatic hydroxyl groups is 1. The van der Waals surface area contributed by atoms with Gasteiger partial charge in [0.05, 0.1) is 30.4 Å². The van der Waals surface area contributed by atoms with Crippen molar-refractivity contribution >= 4 is 17.5 Å². The van der Waals surface area contributed by atoms with Crippen molar-refractivity contribution in [2.75, 3.05) is 7.11 Å². The van der Waals surface area contributed by atoms with E-state index < -0.39 is 29.9 Å². The number of phenolic OH excluding ortho intramolecular Hbond substituents is 2. The molecule has 172 valence electrons. The second-order valence-electron chi connectivity index (χ2n) is 8.29. The molecule has 0 aromatic heterocycles. The molecule has 2 aromatic rings. The third-order valence-electron chi connectivity index (χ3n) is 6.43. The van der Waals surface area contributed by atoms with E-state index >= 15 is 0 Å². The standard InChI is InChI=1S/C25H24O8/c1-32-24(30)17-9-8-14-18(12-33-25(31)22(14)17)21(28)11-13-6-7-16(20(27)10-13)23(29)15-4-2-3-5-19(15)26/h2-7,10,12,14,17,22,25-27,31H,8-9,11H2,1H3. The second-order valence-corrected chi connectivity index (χ2v) is 8.29. The van der Waals surface area contributed by atoms with Crippen LogP contribution in [0.5, 0.6) is 11.5 Å². The maximum Gasteiger partial charge on any atom is 0.309 e. The molecule has 8 heteroatoms. The van der Waals surface area contributed by atoms with Gasteiger partial charge in [-0.2, -0.15) is 0 Å². The molecule has 0 amide bonds. The summed E-state index contributed by atoms with van der Waals surface area (Å²) in [5.41, 5.74) is 0.933. The molecule has 2 aromatic carbocycles. The van der Waals surface area contributed by atoms with Crippen molar-refractivity contribution in [2.45, 2.75) is 25.6 Å². The summed E-state index contributed by atoms with van der Waals surface area (Å²) in [5, 5.41) is 30.6. The van der Waals surface area contributed by atoms with Crippen LogP contribution < -0.4 is 0 Å². The molecule has 0 saturated heterocycles. The number of esters is 1. The van der Waals surface area contributed by atoms with Gasteiger partial charge in [0.15, 0.2) is 11.6 Å². The third kappa shape index (κ3) is 4.21. The van der Waals surface area contributed by atoms with Crippen molar-refractivity contribution in [3.05, 3.63) is 71.0 Å². The molecule has 33 heavy (non-hydrogen) atoms. The third-order valence-corrected chi connectivity index (χ3v) is 6.43. The molecule has 1 heterocycles. The van der Waals surface area contributed by atoms with E-state index in [0.717, 1.165) is 0 Å². The van der Waals surface area contributed by atoms with E-state index in [1.807, 2.05) is 0 Å². The zero-order valence-corrected chi connectivity index (χ0v) is 17.9. The molecule has 4 unspecified atom stereocenters. The van der Waals surface area contributed by atoms with Crippen LogP contribution in [-0.2, 0) is 25.5 Å². The van der Waals surface area contributed by atoms with Crippen LogP contribution in [0.1, 0.15) is 34.3 Å². The minimum atomic E-state index is -1.19. The fourth-order valence-corrected chi connectivity index (χ4v) is 4.78. The number of allylic oxidation sites excluding steroid dienone is 1. The van der Waals surface area contributed by atoms with Crippen molar-refractivity contribution in [1.82, 2.24) is 0 Å². The van der Waals surface area contributed by atoms with Gasteiger partial charge < -0.3 is 24.8 Å². The Balaban J connectivity index is 1.51. The normalized spacial score (nSPS) is 23.8. The smallest absolute Gasteiger partial charge is 0.309 e. The quantitative estimate of drug-likeness (QED) is 0.450. The first-order valence-electron chi connectivity index (χ1n) is 10.6. The summed E-state index contributed by atoms with van der Waals surface area (Å²) in [6.07, 6.45) is 1.03. The highest BCUT2D eigenvalue weighted by atomic mass is 16.6. The molecule has 8 nitrogen and oxygen atoms in total. The fourth-order valence-electron chi connectivity index (χ4n) is 4.78. The largest absolute Gasteiger partial charge is 0.507 e. The van der Waals surface area contributed by atoms with Crippen LogP contribution >= 0.6 is 0 Å². The van der Waals surface area contributed by atoms with Crippen LogP contribution in [0.25, 0.3) is 0 Å². The molecule has 1 fully saturated rings. The number of phenols is 2. The number of carbonyl (C=O) groups is 3. The molecule has 4 atom stereocenters. The first-order chi connectivity index (χ1) is 15.8. The molecular weight excluding hydrogens is 428 g/mol. The first kappa shape index (κ1) is 22.5. The van der Waals surface area contributed by atoms with Crippen molar-refractivity contribution < 1.29 is 39.2 Å². The number of aromatic hydroxyl groups is 2. The van der Waals surface area contributed by atoms with E-state index in [1.54, 1.807) is 18.2 Å². The number of rotatable bonds is 6. The second kappa shape index (κ2) is 9.07. The lowest BCUT2D eigenvalue weighted by Crippen LogP contribution is -2.39. The van der Waals surface area contributed by atoms with Gasteiger partial charge >= 0.3 is 5.97 Å². The Morgan fingerprint density at radius 1 is 1.03 bits per heavy atom. The van der Waals surface area contributed by atoms with Crippen molar-refractivity contribution in [1.29, 1.82) is 0 Å². The number of carbonyl (C=O) groups excluding carboxylic acids is 3. The van der Waals surface area contributed by atoms with Gasteiger partial charge in [0.25, 0.3) is 0 Å². The van der Waals surface area contributed by atoms with Crippen LogP contribution in [0.2, 0.25) is 0 Å². The molecular formula is C25H24O8. The molecule has 1 saturated carbocycles. The summed E-state index contributed by atoms with van der Waals surface area (Å²) in [6.45, 7) is 0. The number of ether oxygens (including phenoxy) is 2. The van der Waals surface area contributed by atoms with Gasteiger partial charge in [-0.05, 0) is 42.7 Å². The van der Waals surface area contributed by atoms with E-state index in [9.17, 15) is 29.7 Å². The fraction of sp³-hybridized carbons (Fsp3) is 0.320. The zero-order chi connectivity index (χ0) is 23.7. The maximum atomic E-state index is 13.0. The number of Topliss-reactive ketones (excluding diaryl/α,β-unsaturated/α-hetero) is 1. The predicted molar refractivity (Wildman–Crippen MR) is 115 cm³/mol. The lowest BCUT2D eigenvalue weighted by Gasteiger charge is -2.32. The predicted octanol–water partition coefficient (Wildman–Crippen LogP) is 2.49. The van der Waals surface area contributed by atoms with Crippen molar-refractivity contribution in [3.63, 3.8) is 0 Å². The van der Waals surface area contributed by atoms with E-state index in [1.165, 1.54) is 37.6 Å². The van der Waals surface area contributed by atoms with E-state index in [4.69, 9.17) is 9.47 Å². The number of hydrogen-bond acceptors (Lipinski definition) is 8. The molecule has 0 spiro atoms. The zero-order valence-electron chi connectivity index (χ0n) is 17.9. The number of methoxy groups -OCH3 is 1. The molecule has 4 rings (SSSR count). The summed E-state index contributed by atoms with van der Waals surface area (Å²) in [5.74, 6) is -3.17. The number of fused-ring (bicyclic) bond motifs is 1. The molecule has 1 aliphatic heterocycles. The lowest BCUT2D eigenvalue weighted by molar-refractivity contribution is -0.161. The summed E-state index contributed by atoms with van der Waals surface area (Å²) >= 11 is 0. The van der Waals surface area contributed by atoms with Crippen molar-refractivity contribution in [2.24, 2.45) is 17.8 Å². The summed E-state index contributed by atoms with van der Waals surface area (Å²) in [4.78, 5) is 37.8. The Labute approximate surface area is 190 Å². The number of ketones is 2. The highest BCUT2D eigenvalue weighted by molar-refractivity contribution is 6.12. The molecule has 0 bridgehead atoms. The summed E-state index contributed by atoms with van der Waals surface area (Å²) in [6, 6.07) is 10.3. The monoisotopic (exact) mass is 452 g/mol. The van der Waals surface area contributed by atoms with Gasteiger partial charge in [-0.3, -0.25) is 14.4 Å². The van der Waals surface area contributed by atoms with E-state index in [0.29, 0.717) is 24.0 Å². The van der Waals surface area contributed by atoms with Crippen LogP contribution in [-0.4, -0.2) is 46.3 Å². The Morgan fingerprint density at radius 3 is 2.45 bits per heavy atom. The number of aliphatic hydroxyl groups excluding tert-OH is 1. The van der Waals surface area contributed by atoms with Crippen LogP contribution in [0.3, 0.4) is 0 Å². The minimum absolute atomic E-state index is 0.00723. The average Bonchev–Trinajstić information content (AvgIpc) is 3.25. The van der Waals surface area contributed by atoms with Gasteiger partial charge in [-0.15, -0.1) is 0 Å². The molecule has 1 aliphatic carbocycles. The highest BCUT2D eigenvalue weighted by Crippen LogP contribution is 2.46. The maximum absolute atomic E-state index is 13.0. The van der Waals surface area contributed by atoms with Crippen LogP contribution in [0.4, 0.5) is 0 Å². The molecule has 3 N–H and O–H groups in total. The highest BCUT2D eigenvalue weighted by Gasteiger charge is 2.50. The summed E-state index contributed by atoms with van der Waals surface area (Å²) in [7, 11) is 1.29. The molecule has 0 radical (unpaired) electrons. The van der Waals surface area contributed by atoms with Crippen molar-refractivity contribution in [3.8, 4) is 11.5 Å². The minimum Gasteiger partial charge on any atom is -0.507 e. The van der Waals surface area contributed by atoms with Gasteiger partial charge in [-0.25, -0.2) is 0 Å². The Hall–Kier alpha value is -3.65.